The minimum atomic E-state index is -0.563. The number of carbonyl (C=O) groups is 2. The Morgan fingerprint density at radius 3 is 3.06 bits per heavy atom. The number of ketones is 1. The fourth-order valence-corrected chi connectivity index (χ4v) is 4.75. The van der Waals surface area contributed by atoms with E-state index in [1.807, 2.05) is 6.92 Å². The van der Waals surface area contributed by atoms with Crippen LogP contribution in [0.5, 0.6) is 0 Å². The first-order valence-corrected chi connectivity index (χ1v) is 6.58. The van der Waals surface area contributed by atoms with Crippen molar-refractivity contribution in [2.75, 3.05) is 6.54 Å². The molecule has 4 rings (SSSR count). The Morgan fingerprint density at radius 1 is 1.41 bits per heavy atom. The van der Waals surface area contributed by atoms with Gasteiger partial charge in [0.1, 0.15) is 6.10 Å². The summed E-state index contributed by atoms with van der Waals surface area (Å²) in [4.78, 5) is 24.7. The molecule has 5 atom stereocenters. The maximum atomic E-state index is 12.6. The molecule has 0 radical (unpaired) electrons. The molecule has 92 valence electrons. The van der Waals surface area contributed by atoms with Gasteiger partial charge in [0.25, 0.3) is 0 Å². The zero-order valence-electron chi connectivity index (χ0n) is 9.99. The normalized spacial score (nSPS) is 55.7. The fourth-order valence-electron chi connectivity index (χ4n) is 4.75. The number of hydrogen-bond acceptors (Lipinski definition) is 4. The number of carbonyl (C=O) groups excluding carboxylic acids is 2. The molecule has 17 heavy (non-hydrogen) atoms. The van der Waals surface area contributed by atoms with Crippen molar-refractivity contribution in [3.63, 3.8) is 0 Å². The average molecular weight is 235 g/mol. The second-order valence-corrected chi connectivity index (χ2v) is 6.34. The van der Waals surface area contributed by atoms with E-state index in [9.17, 15) is 9.59 Å². The Hall–Kier alpha value is -0.900. The summed E-state index contributed by atoms with van der Waals surface area (Å²) >= 11 is 0. The lowest BCUT2D eigenvalue weighted by Gasteiger charge is -2.48. The van der Waals surface area contributed by atoms with Gasteiger partial charge >= 0.3 is 5.97 Å². The van der Waals surface area contributed by atoms with Gasteiger partial charge in [0.2, 0.25) is 0 Å². The van der Waals surface area contributed by atoms with Crippen molar-refractivity contribution in [1.29, 1.82) is 0 Å². The molecule has 4 aliphatic rings. The second-order valence-electron chi connectivity index (χ2n) is 6.34. The first-order chi connectivity index (χ1) is 8.08. The summed E-state index contributed by atoms with van der Waals surface area (Å²) in [6.07, 6.45) is 3.49. The van der Waals surface area contributed by atoms with Gasteiger partial charge in [-0.05, 0) is 39.2 Å². The molecule has 2 aliphatic carbocycles. The SMILES string of the molecule is CC12CC34NCCCC3C(CC1C4=O)OC2=O. The minimum Gasteiger partial charge on any atom is -0.462 e. The number of fused-ring (bicyclic) bond motifs is 2. The van der Waals surface area contributed by atoms with Crippen LogP contribution in [0.1, 0.15) is 32.6 Å². The molecule has 1 N–H and O–H groups in total. The maximum absolute atomic E-state index is 12.6. The average Bonchev–Trinajstić information content (AvgIpc) is 2.44. The molecule has 4 nitrogen and oxygen atoms in total. The molecule has 0 aromatic carbocycles. The van der Waals surface area contributed by atoms with Crippen LogP contribution in [-0.2, 0) is 14.3 Å². The van der Waals surface area contributed by atoms with Gasteiger partial charge < -0.3 is 10.1 Å². The van der Waals surface area contributed by atoms with Crippen LogP contribution in [0.25, 0.3) is 0 Å². The Kier molecular flexibility index (Phi) is 1.62. The van der Waals surface area contributed by atoms with Gasteiger partial charge in [0.05, 0.1) is 11.0 Å². The monoisotopic (exact) mass is 235 g/mol. The lowest BCUT2D eigenvalue weighted by atomic mass is 9.66. The van der Waals surface area contributed by atoms with E-state index < -0.39 is 11.0 Å². The van der Waals surface area contributed by atoms with E-state index in [0.29, 0.717) is 6.42 Å². The van der Waals surface area contributed by atoms with E-state index in [1.165, 1.54) is 0 Å². The molecular formula is C13H17NO3. The summed E-state index contributed by atoms with van der Waals surface area (Å²) in [6.45, 7) is 2.81. The molecule has 4 fully saturated rings. The van der Waals surface area contributed by atoms with Crippen LogP contribution in [0, 0.1) is 17.3 Å². The van der Waals surface area contributed by atoms with Crippen LogP contribution in [0.2, 0.25) is 0 Å². The molecule has 0 amide bonds. The van der Waals surface area contributed by atoms with E-state index >= 15 is 0 Å². The third-order valence-corrected chi connectivity index (χ3v) is 5.58. The van der Waals surface area contributed by atoms with E-state index in [0.717, 1.165) is 25.8 Å². The standard InChI is InChI=1S/C13H17NO3/c1-12-6-13-7(3-2-4-14-13)9(17-11(12)16)5-8(12)10(13)15/h7-9,14H,2-6H2,1H3. The van der Waals surface area contributed by atoms with Gasteiger partial charge in [-0.2, -0.15) is 0 Å². The highest BCUT2D eigenvalue weighted by Crippen LogP contribution is 2.61. The predicted octanol–water partition coefficient (Wildman–Crippen LogP) is 0.649. The van der Waals surface area contributed by atoms with E-state index in [4.69, 9.17) is 4.74 Å². The Bertz CT molecular complexity index is 434. The van der Waals surface area contributed by atoms with Gasteiger partial charge in [-0.25, -0.2) is 0 Å². The third-order valence-electron chi connectivity index (χ3n) is 5.58. The topological polar surface area (TPSA) is 55.4 Å². The minimum absolute atomic E-state index is 0.0198. The van der Waals surface area contributed by atoms with Gasteiger partial charge in [-0.3, -0.25) is 9.59 Å². The Labute approximate surface area is 100 Å². The van der Waals surface area contributed by atoms with Crippen molar-refractivity contribution in [1.82, 2.24) is 5.32 Å². The van der Waals surface area contributed by atoms with Crippen LogP contribution in [0.15, 0.2) is 0 Å². The highest BCUT2D eigenvalue weighted by Gasteiger charge is 2.73. The van der Waals surface area contributed by atoms with Crippen molar-refractivity contribution < 1.29 is 14.3 Å². The summed E-state index contributed by atoms with van der Waals surface area (Å²) in [5, 5.41) is 3.44. The lowest BCUT2D eigenvalue weighted by Crippen LogP contribution is -2.64. The van der Waals surface area contributed by atoms with Crippen molar-refractivity contribution in [3.8, 4) is 0 Å². The highest BCUT2D eigenvalue weighted by atomic mass is 16.5. The Morgan fingerprint density at radius 2 is 2.24 bits per heavy atom. The molecule has 1 spiro atoms. The molecule has 2 saturated carbocycles. The van der Waals surface area contributed by atoms with Gasteiger partial charge in [-0.1, -0.05) is 0 Å². The van der Waals surface area contributed by atoms with Crippen molar-refractivity contribution in [2.45, 2.75) is 44.2 Å². The molecule has 3 bridgehead atoms. The summed E-state index contributed by atoms with van der Waals surface area (Å²) in [6, 6.07) is 0. The molecule has 2 saturated heterocycles. The molecule has 4 heteroatoms. The maximum Gasteiger partial charge on any atom is 0.312 e. The van der Waals surface area contributed by atoms with E-state index in [2.05, 4.69) is 5.32 Å². The summed E-state index contributed by atoms with van der Waals surface area (Å²) in [5.41, 5.74) is -1.00. The number of ether oxygens (including phenoxy) is 1. The molecule has 2 aliphatic heterocycles. The van der Waals surface area contributed by atoms with Gasteiger partial charge in [0, 0.05) is 11.8 Å². The van der Waals surface area contributed by atoms with Crippen LogP contribution >= 0.6 is 0 Å². The third kappa shape index (κ3) is 0.919. The predicted molar refractivity (Wildman–Crippen MR) is 59.2 cm³/mol. The van der Waals surface area contributed by atoms with Crippen LogP contribution in [0.4, 0.5) is 0 Å². The largest absolute Gasteiger partial charge is 0.462 e. The van der Waals surface area contributed by atoms with Gasteiger partial charge in [-0.15, -0.1) is 0 Å². The quantitative estimate of drug-likeness (QED) is 0.626. The Balaban J connectivity index is 1.91. The van der Waals surface area contributed by atoms with Crippen molar-refractivity contribution in [2.24, 2.45) is 17.3 Å². The molecule has 5 unspecified atom stereocenters. The van der Waals surface area contributed by atoms with Crippen LogP contribution < -0.4 is 5.32 Å². The fraction of sp³-hybridized carbons (Fsp3) is 0.846. The van der Waals surface area contributed by atoms with Crippen molar-refractivity contribution >= 4 is 11.8 Å². The lowest BCUT2D eigenvalue weighted by molar-refractivity contribution is -0.181. The first-order valence-electron chi connectivity index (χ1n) is 6.58. The smallest absolute Gasteiger partial charge is 0.312 e. The zero-order chi connectivity index (χ0) is 11.8. The highest BCUT2D eigenvalue weighted by molar-refractivity contribution is 6.01. The van der Waals surface area contributed by atoms with E-state index in [1.54, 1.807) is 0 Å². The number of rotatable bonds is 0. The van der Waals surface area contributed by atoms with Crippen LogP contribution in [-0.4, -0.2) is 29.9 Å². The summed E-state index contributed by atoms with van der Waals surface area (Å²) < 4.78 is 5.60. The van der Waals surface area contributed by atoms with E-state index in [-0.39, 0.29) is 29.7 Å². The number of Topliss-reactive ketones (excluding diaryl/α,β-unsaturated/α-hetero) is 1. The van der Waals surface area contributed by atoms with Gasteiger partial charge in [0.15, 0.2) is 5.78 Å². The zero-order valence-corrected chi connectivity index (χ0v) is 9.99. The molecule has 0 aromatic heterocycles. The number of nitrogens with one attached hydrogen (secondary N) is 1. The molecule has 2 heterocycles. The summed E-state index contributed by atoms with van der Waals surface area (Å²) in [5.74, 6) is 0.265. The first kappa shape index (κ1) is 10.1. The summed E-state index contributed by atoms with van der Waals surface area (Å²) in [7, 11) is 0. The van der Waals surface area contributed by atoms with Crippen LogP contribution in [0.3, 0.4) is 0 Å². The number of hydrogen-bond donors (Lipinski definition) is 1. The molecular weight excluding hydrogens is 218 g/mol. The molecule has 0 aromatic rings. The second kappa shape index (κ2) is 2.74. The number of esters is 1. The number of piperidine rings is 1. The van der Waals surface area contributed by atoms with Crippen molar-refractivity contribution in [3.05, 3.63) is 0 Å².